The lowest BCUT2D eigenvalue weighted by Crippen LogP contribution is -2.38. The lowest BCUT2D eigenvalue weighted by Gasteiger charge is -2.30. The van der Waals surface area contributed by atoms with Crippen molar-refractivity contribution in [2.45, 2.75) is 26.8 Å². The Morgan fingerprint density at radius 1 is 1.37 bits per heavy atom. The minimum atomic E-state index is -0.297. The summed E-state index contributed by atoms with van der Waals surface area (Å²) in [7, 11) is 4.14. The number of benzene rings is 1. The molecule has 1 rings (SSSR count). The Balaban J connectivity index is 2.62. The van der Waals surface area contributed by atoms with Gasteiger partial charge >= 0.3 is 0 Å². The van der Waals surface area contributed by atoms with E-state index in [0.29, 0.717) is 5.02 Å². The lowest BCUT2D eigenvalue weighted by atomic mass is 9.92. The highest BCUT2D eigenvalue weighted by molar-refractivity contribution is 6.31. The van der Waals surface area contributed by atoms with Crippen molar-refractivity contribution in [3.63, 3.8) is 0 Å². The molecule has 1 atom stereocenters. The smallest absolute Gasteiger partial charge is 0.124 e. The fraction of sp³-hybridized carbons (Fsp3) is 0.600. The highest BCUT2D eigenvalue weighted by Gasteiger charge is 2.20. The third kappa shape index (κ3) is 5.47. The number of halogens is 2. The summed E-state index contributed by atoms with van der Waals surface area (Å²) >= 11 is 6.07. The minimum absolute atomic E-state index is 0.106. The van der Waals surface area contributed by atoms with Crippen molar-refractivity contribution in [2.24, 2.45) is 5.41 Å². The Bertz CT molecular complexity index is 419. The molecule has 0 aliphatic carbocycles. The third-order valence-corrected chi connectivity index (χ3v) is 3.39. The van der Waals surface area contributed by atoms with Crippen LogP contribution in [0.4, 0.5) is 4.39 Å². The number of nitrogens with zero attached hydrogens (tertiary/aromatic N) is 1. The zero-order valence-corrected chi connectivity index (χ0v) is 13.2. The molecule has 0 bridgehead atoms. The van der Waals surface area contributed by atoms with E-state index in [4.69, 9.17) is 11.6 Å². The maximum absolute atomic E-state index is 13.0. The second-order valence-corrected chi connectivity index (χ2v) is 6.58. The van der Waals surface area contributed by atoms with Crippen molar-refractivity contribution in [3.05, 3.63) is 34.6 Å². The standard InChI is InChI=1S/C15H24ClFN2/c1-11(13-7-6-12(17)8-14(13)16)18-9-15(2,3)10-19(4)5/h6-8,11,18H,9-10H2,1-5H3. The first kappa shape index (κ1) is 16.4. The molecule has 0 amide bonds. The van der Waals surface area contributed by atoms with Gasteiger partial charge in [-0.3, -0.25) is 0 Å². The van der Waals surface area contributed by atoms with Crippen LogP contribution in [0.5, 0.6) is 0 Å². The fourth-order valence-electron chi connectivity index (χ4n) is 2.30. The fourth-order valence-corrected chi connectivity index (χ4v) is 2.63. The lowest BCUT2D eigenvalue weighted by molar-refractivity contribution is 0.227. The number of hydrogen-bond acceptors (Lipinski definition) is 2. The highest BCUT2D eigenvalue weighted by Crippen LogP contribution is 2.24. The van der Waals surface area contributed by atoms with E-state index in [-0.39, 0.29) is 17.3 Å². The predicted molar refractivity (Wildman–Crippen MR) is 80.2 cm³/mol. The van der Waals surface area contributed by atoms with Crippen LogP contribution in [0.1, 0.15) is 32.4 Å². The molecular formula is C15H24ClFN2. The summed E-state index contributed by atoms with van der Waals surface area (Å²) in [5.41, 5.74) is 1.10. The van der Waals surface area contributed by atoms with Crippen molar-refractivity contribution in [2.75, 3.05) is 27.2 Å². The Hall–Kier alpha value is -0.640. The summed E-state index contributed by atoms with van der Waals surface area (Å²) in [5.74, 6) is -0.297. The van der Waals surface area contributed by atoms with Gasteiger partial charge in [-0.05, 0) is 44.1 Å². The second-order valence-electron chi connectivity index (χ2n) is 6.17. The Morgan fingerprint density at radius 3 is 2.53 bits per heavy atom. The predicted octanol–water partition coefficient (Wildman–Crippen LogP) is 3.72. The third-order valence-electron chi connectivity index (χ3n) is 3.06. The van der Waals surface area contributed by atoms with E-state index in [1.54, 1.807) is 6.07 Å². The van der Waals surface area contributed by atoms with E-state index < -0.39 is 0 Å². The average molecular weight is 287 g/mol. The Kier molecular flexibility index (Phi) is 5.78. The molecule has 108 valence electrons. The minimum Gasteiger partial charge on any atom is -0.310 e. The van der Waals surface area contributed by atoms with Crippen LogP contribution in [0.2, 0.25) is 5.02 Å². The molecule has 0 aliphatic rings. The quantitative estimate of drug-likeness (QED) is 0.857. The first-order valence-corrected chi connectivity index (χ1v) is 6.92. The van der Waals surface area contributed by atoms with Crippen molar-refractivity contribution >= 4 is 11.6 Å². The molecule has 0 aromatic heterocycles. The van der Waals surface area contributed by atoms with E-state index in [1.165, 1.54) is 12.1 Å². The van der Waals surface area contributed by atoms with Crippen LogP contribution in [0.3, 0.4) is 0 Å². The molecule has 1 N–H and O–H groups in total. The van der Waals surface area contributed by atoms with Gasteiger partial charge in [0, 0.05) is 24.2 Å². The van der Waals surface area contributed by atoms with Gasteiger partial charge in [0.15, 0.2) is 0 Å². The Morgan fingerprint density at radius 2 is 2.00 bits per heavy atom. The molecule has 19 heavy (non-hydrogen) atoms. The molecule has 0 aliphatic heterocycles. The summed E-state index contributed by atoms with van der Waals surface area (Å²) in [5, 5.41) is 3.95. The molecule has 0 saturated carbocycles. The molecule has 0 spiro atoms. The molecular weight excluding hydrogens is 263 g/mol. The van der Waals surface area contributed by atoms with Gasteiger partial charge in [-0.1, -0.05) is 31.5 Å². The van der Waals surface area contributed by atoms with E-state index in [1.807, 2.05) is 6.92 Å². The summed E-state index contributed by atoms with van der Waals surface area (Å²) in [6.45, 7) is 8.37. The van der Waals surface area contributed by atoms with E-state index in [9.17, 15) is 4.39 Å². The first-order chi connectivity index (χ1) is 8.71. The molecule has 0 saturated heterocycles. The summed E-state index contributed by atoms with van der Waals surface area (Å²) in [6.07, 6.45) is 0. The van der Waals surface area contributed by atoms with Crippen molar-refractivity contribution in [1.29, 1.82) is 0 Å². The van der Waals surface area contributed by atoms with Gasteiger partial charge in [0.05, 0.1) is 0 Å². The molecule has 1 aromatic carbocycles. The first-order valence-electron chi connectivity index (χ1n) is 6.54. The molecule has 1 unspecified atom stereocenters. The van der Waals surface area contributed by atoms with Crippen molar-refractivity contribution in [1.82, 2.24) is 10.2 Å². The summed E-state index contributed by atoms with van der Waals surface area (Å²) in [4.78, 5) is 2.18. The summed E-state index contributed by atoms with van der Waals surface area (Å²) < 4.78 is 13.0. The van der Waals surface area contributed by atoms with Crippen LogP contribution < -0.4 is 5.32 Å². The normalized spacial score (nSPS) is 13.9. The molecule has 0 heterocycles. The topological polar surface area (TPSA) is 15.3 Å². The van der Waals surface area contributed by atoms with E-state index >= 15 is 0 Å². The van der Waals surface area contributed by atoms with Crippen molar-refractivity contribution < 1.29 is 4.39 Å². The van der Waals surface area contributed by atoms with Crippen LogP contribution in [0.25, 0.3) is 0 Å². The second kappa shape index (κ2) is 6.69. The van der Waals surface area contributed by atoms with Gasteiger partial charge in [-0.2, -0.15) is 0 Å². The van der Waals surface area contributed by atoms with Crippen LogP contribution in [-0.2, 0) is 0 Å². The van der Waals surface area contributed by atoms with Gasteiger partial charge in [0.25, 0.3) is 0 Å². The van der Waals surface area contributed by atoms with Crippen LogP contribution in [0.15, 0.2) is 18.2 Å². The molecule has 1 aromatic rings. The highest BCUT2D eigenvalue weighted by atomic mass is 35.5. The molecule has 0 fully saturated rings. The Labute approximate surface area is 120 Å². The van der Waals surface area contributed by atoms with Gasteiger partial charge in [0.1, 0.15) is 5.82 Å². The zero-order valence-electron chi connectivity index (χ0n) is 12.4. The van der Waals surface area contributed by atoms with Crippen LogP contribution >= 0.6 is 11.6 Å². The molecule has 2 nitrogen and oxygen atoms in total. The number of rotatable bonds is 6. The van der Waals surface area contributed by atoms with Crippen LogP contribution in [0, 0.1) is 11.2 Å². The monoisotopic (exact) mass is 286 g/mol. The van der Waals surface area contributed by atoms with Crippen LogP contribution in [-0.4, -0.2) is 32.1 Å². The number of nitrogens with one attached hydrogen (secondary N) is 1. The van der Waals surface area contributed by atoms with E-state index in [0.717, 1.165) is 18.7 Å². The maximum atomic E-state index is 13.0. The van der Waals surface area contributed by atoms with Crippen molar-refractivity contribution in [3.8, 4) is 0 Å². The van der Waals surface area contributed by atoms with Gasteiger partial charge in [-0.25, -0.2) is 4.39 Å². The molecule has 0 radical (unpaired) electrons. The zero-order chi connectivity index (χ0) is 14.6. The summed E-state index contributed by atoms with van der Waals surface area (Å²) in [6, 6.07) is 4.66. The molecule has 4 heteroatoms. The van der Waals surface area contributed by atoms with Gasteiger partial charge in [-0.15, -0.1) is 0 Å². The van der Waals surface area contributed by atoms with Gasteiger partial charge < -0.3 is 10.2 Å². The SMILES string of the molecule is CC(NCC(C)(C)CN(C)C)c1ccc(F)cc1Cl. The largest absolute Gasteiger partial charge is 0.310 e. The number of hydrogen-bond donors (Lipinski definition) is 1. The van der Waals surface area contributed by atoms with E-state index in [2.05, 4.69) is 38.2 Å². The maximum Gasteiger partial charge on any atom is 0.124 e. The van der Waals surface area contributed by atoms with Gasteiger partial charge in [0.2, 0.25) is 0 Å². The average Bonchev–Trinajstić information content (AvgIpc) is 2.24.